The quantitative estimate of drug-likeness (QED) is 0.227. The molecule has 0 radical (unpaired) electrons. The van der Waals surface area contributed by atoms with Crippen molar-refractivity contribution < 1.29 is 4.42 Å². The van der Waals surface area contributed by atoms with Crippen molar-refractivity contribution in [1.29, 1.82) is 0 Å². The Labute approximate surface area is 254 Å². The van der Waals surface area contributed by atoms with Gasteiger partial charge in [-0.1, -0.05) is 115 Å². The highest BCUT2D eigenvalue weighted by Gasteiger charge is 2.15. The molecule has 2 heterocycles. The molecule has 0 atom stereocenters. The van der Waals surface area contributed by atoms with E-state index in [9.17, 15) is 0 Å². The predicted molar refractivity (Wildman–Crippen MR) is 185 cm³/mol. The van der Waals surface area contributed by atoms with Crippen LogP contribution < -0.4 is 0 Å². The standard InChI is InChI=1S/C42H27NO/c1-2-11-27(12-3-1)32-25-36(42-37(26-32)34-17-4-6-20-38(34)43-42)31-16-9-14-29(24-31)28-13-8-15-30(23-28)33-19-10-22-40-41(33)35-18-5-7-21-39(35)44-40/h1-26,43H. The van der Waals surface area contributed by atoms with Crippen LogP contribution in [0.5, 0.6) is 0 Å². The highest BCUT2D eigenvalue weighted by Crippen LogP contribution is 2.40. The number of benzene rings is 7. The number of H-pyrrole nitrogens is 1. The summed E-state index contributed by atoms with van der Waals surface area (Å²) in [5.74, 6) is 0. The summed E-state index contributed by atoms with van der Waals surface area (Å²) in [5, 5.41) is 4.79. The van der Waals surface area contributed by atoms with E-state index in [0.717, 1.165) is 33.0 Å². The summed E-state index contributed by atoms with van der Waals surface area (Å²) < 4.78 is 6.19. The Bertz CT molecular complexity index is 2500. The van der Waals surface area contributed by atoms with Gasteiger partial charge in [0.15, 0.2) is 0 Å². The van der Waals surface area contributed by atoms with Crippen molar-refractivity contribution in [2.45, 2.75) is 0 Å². The zero-order valence-electron chi connectivity index (χ0n) is 23.9. The first kappa shape index (κ1) is 24.7. The number of fused-ring (bicyclic) bond motifs is 6. The van der Waals surface area contributed by atoms with Crippen molar-refractivity contribution >= 4 is 43.7 Å². The summed E-state index contributed by atoms with van der Waals surface area (Å²) in [6, 6.07) is 56.3. The molecule has 0 aliphatic carbocycles. The molecule has 7 aromatic carbocycles. The topological polar surface area (TPSA) is 28.9 Å². The molecule has 1 N–H and O–H groups in total. The van der Waals surface area contributed by atoms with Crippen LogP contribution in [0.4, 0.5) is 0 Å². The molecule has 44 heavy (non-hydrogen) atoms. The Hall–Kier alpha value is -5.86. The van der Waals surface area contributed by atoms with E-state index in [1.807, 2.05) is 12.1 Å². The molecule has 0 amide bonds. The van der Waals surface area contributed by atoms with Crippen molar-refractivity contribution in [3.8, 4) is 44.5 Å². The maximum atomic E-state index is 6.19. The van der Waals surface area contributed by atoms with E-state index >= 15 is 0 Å². The van der Waals surface area contributed by atoms with Gasteiger partial charge >= 0.3 is 0 Å². The number of hydrogen-bond acceptors (Lipinski definition) is 1. The maximum absolute atomic E-state index is 6.19. The van der Waals surface area contributed by atoms with E-state index in [2.05, 4.69) is 151 Å². The third kappa shape index (κ3) is 3.96. The molecule has 0 saturated heterocycles. The van der Waals surface area contributed by atoms with Crippen LogP contribution in [0.25, 0.3) is 88.3 Å². The molecule has 0 aliphatic rings. The summed E-state index contributed by atoms with van der Waals surface area (Å²) in [6.07, 6.45) is 0. The largest absolute Gasteiger partial charge is 0.456 e. The summed E-state index contributed by atoms with van der Waals surface area (Å²) >= 11 is 0. The van der Waals surface area contributed by atoms with E-state index in [0.29, 0.717) is 0 Å². The number of furan rings is 1. The van der Waals surface area contributed by atoms with Crippen LogP contribution in [0.1, 0.15) is 0 Å². The Morgan fingerprint density at radius 2 is 0.977 bits per heavy atom. The minimum Gasteiger partial charge on any atom is -0.456 e. The fraction of sp³-hybridized carbons (Fsp3) is 0. The van der Waals surface area contributed by atoms with E-state index in [-0.39, 0.29) is 0 Å². The molecular weight excluding hydrogens is 534 g/mol. The normalized spacial score (nSPS) is 11.6. The predicted octanol–water partition coefficient (Wildman–Crippen LogP) is 11.9. The van der Waals surface area contributed by atoms with Gasteiger partial charge in [0, 0.05) is 32.6 Å². The molecule has 0 unspecified atom stereocenters. The van der Waals surface area contributed by atoms with Gasteiger partial charge in [-0.25, -0.2) is 0 Å². The van der Waals surface area contributed by atoms with Crippen LogP contribution in [-0.4, -0.2) is 4.98 Å². The lowest BCUT2D eigenvalue weighted by Crippen LogP contribution is -1.87. The second-order valence-electron chi connectivity index (χ2n) is 11.4. The molecule has 9 aromatic rings. The first-order chi connectivity index (χ1) is 21.8. The average molecular weight is 562 g/mol. The van der Waals surface area contributed by atoms with Crippen molar-refractivity contribution in [1.82, 2.24) is 4.98 Å². The highest BCUT2D eigenvalue weighted by molar-refractivity contribution is 6.14. The van der Waals surface area contributed by atoms with Crippen LogP contribution in [0.2, 0.25) is 0 Å². The van der Waals surface area contributed by atoms with Crippen LogP contribution in [0.15, 0.2) is 162 Å². The lowest BCUT2D eigenvalue weighted by atomic mass is 9.92. The van der Waals surface area contributed by atoms with Crippen molar-refractivity contribution in [2.75, 3.05) is 0 Å². The third-order valence-electron chi connectivity index (χ3n) is 8.81. The van der Waals surface area contributed by atoms with Gasteiger partial charge in [0.25, 0.3) is 0 Å². The smallest absolute Gasteiger partial charge is 0.136 e. The Balaban J connectivity index is 1.21. The van der Waals surface area contributed by atoms with E-state index in [4.69, 9.17) is 4.42 Å². The van der Waals surface area contributed by atoms with Crippen LogP contribution in [-0.2, 0) is 0 Å². The Morgan fingerprint density at radius 3 is 1.80 bits per heavy atom. The molecule has 0 fully saturated rings. The summed E-state index contributed by atoms with van der Waals surface area (Å²) in [4.78, 5) is 3.73. The van der Waals surface area contributed by atoms with Crippen LogP contribution in [0.3, 0.4) is 0 Å². The molecule has 206 valence electrons. The molecule has 0 spiro atoms. The second-order valence-corrected chi connectivity index (χ2v) is 11.4. The van der Waals surface area contributed by atoms with Gasteiger partial charge in [-0.3, -0.25) is 0 Å². The first-order valence-corrected chi connectivity index (χ1v) is 15.0. The maximum Gasteiger partial charge on any atom is 0.136 e. The third-order valence-corrected chi connectivity index (χ3v) is 8.81. The van der Waals surface area contributed by atoms with Gasteiger partial charge in [-0.15, -0.1) is 0 Å². The van der Waals surface area contributed by atoms with Crippen LogP contribution >= 0.6 is 0 Å². The first-order valence-electron chi connectivity index (χ1n) is 15.0. The number of para-hydroxylation sites is 2. The van der Waals surface area contributed by atoms with E-state index in [1.54, 1.807) is 0 Å². The number of aromatic amines is 1. The van der Waals surface area contributed by atoms with E-state index < -0.39 is 0 Å². The van der Waals surface area contributed by atoms with Gasteiger partial charge in [0.1, 0.15) is 11.2 Å². The van der Waals surface area contributed by atoms with Gasteiger partial charge < -0.3 is 9.40 Å². The van der Waals surface area contributed by atoms with E-state index in [1.165, 1.54) is 55.3 Å². The molecule has 9 rings (SSSR count). The fourth-order valence-electron chi connectivity index (χ4n) is 6.72. The van der Waals surface area contributed by atoms with Gasteiger partial charge in [0.2, 0.25) is 0 Å². The summed E-state index contributed by atoms with van der Waals surface area (Å²) in [5.41, 5.74) is 13.7. The second kappa shape index (κ2) is 9.86. The molecule has 2 nitrogen and oxygen atoms in total. The Kier molecular flexibility index (Phi) is 5.54. The minimum absolute atomic E-state index is 0.914. The lowest BCUT2D eigenvalue weighted by molar-refractivity contribution is 0.669. The van der Waals surface area contributed by atoms with Crippen molar-refractivity contribution in [2.24, 2.45) is 0 Å². The zero-order valence-corrected chi connectivity index (χ0v) is 23.9. The number of hydrogen-bond donors (Lipinski definition) is 1. The van der Waals surface area contributed by atoms with Gasteiger partial charge in [0.05, 0.1) is 5.52 Å². The fourth-order valence-corrected chi connectivity index (χ4v) is 6.72. The average Bonchev–Trinajstić information content (AvgIpc) is 3.67. The van der Waals surface area contributed by atoms with Gasteiger partial charge in [-0.05, 0) is 81.4 Å². The van der Waals surface area contributed by atoms with Gasteiger partial charge in [-0.2, -0.15) is 0 Å². The van der Waals surface area contributed by atoms with Crippen molar-refractivity contribution in [3.63, 3.8) is 0 Å². The molecule has 2 aromatic heterocycles. The monoisotopic (exact) mass is 561 g/mol. The minimum atomic E-state index is 0.914. The highest BCUT2D eigenvalue weighted by atomic mass is 16.3. The zero-order chi connectivity index (χ0) is 29.0. The molecule has 2 heteroatoms. The number of aromatic nitrogens is 1. The SMILES string of the molecule is c1ccc(-c2cc(-c3cccc(-c4cccc(-c5cccc6oc7ccccc7c56)c4)c3)c3[nH]c4ccccc4c3c2)cc1. The molecule has 0 aliphatic heterocycles. The molecule has 0 saturated carbocycles. The van der Waals surface area contributed by atoms with Crippen molar-refractivity contribution in [3.05, 3.63) is 158 Å². The molecule has 0 bridgehead atoms. The summed E-state index contributed by atoms with van der Waals surface area (Å²) in [7, 11) is 0. The Morgan fingerprint density at radius 1 is 0.364 bits per heavy atom. The lowest BCUT2D eigenvalue weighted by Gasteiger charge is -2.12. The van der Waals surface area contributed by atoms with Crippen LogP contribution in [0, 0.1) is 0 Å². The summed E-state index contributed by atoms with van der Waals surface area (Å²) in [6.45, 7) is 0. The number of rotatable bonds is 4. The molecular formula is C42H27NO. The number of nitrogens with one attached hydrogen (secondary N) is 1.